The Morgan fingerprint density at radius 3 is 2.65 bits per heavy atom. The Labute approximate surface area is 155 Å². The molecule has 0 aromatic carbocycles. The van der Waals surface area contributed by atoms with Crippen LogP contribution in [-0.2, 0) is 23.1 Å². The molecule has 0 aliphatic carbocycles. The van der Waals surface area contributed by atoms with Crippen LogP contribution < -0.4 is 10.3 Å². The Bertz CT molecular complexity index is 1120. The predicted octanol–water partition coefficient (Wildman–Crippen LogP) is 1.58. The van der Waals surface area contributed by atoms with Gasteiger partial charge >= 0.3 is 0 Å². The fourth-order valence-electron chi connectivity index (χ4n) is 3.05. The smallest absolute Gasteiger partial charge is 0.262 e. The van der Waals surface area contributed by atoms with Gasteiger partial charge in [-0.1, -0.05) is 0 Å². The average molecular weight is 396 g/mol. The van der Waals surface area contributed by atoms with Crippen molar-refractivity contribution in [2.24, 2.45) is 0 Å². The van der Waals surface area contributed by atoms with Crippen LogP contribution in [0.3, 0.4) is 0 Å². The normalized spacial score (nSPS) is 12.2. The highest BCUT2D eigenvalue weighted by atomic mass is 32.2. The van der Waals surface area contributed by atoms with E-state index in [4.69, 9.17) is 0 Å². The number of aromatic nitrogens is 4. The molecule has 8 nitrogen and oxygen atoms in total. The molecule has 0 aliphatic heterocycles. The molecule has 3 aromatic rings. The van der Waals surface area contributed by atoms with E-state index in [2.05, 4.69) is 14.8 Å². The Kier molecular flexibility index (Phi) is 5.00. The van der Waals surface area contributed by atoms with Crippen molar-refractivity contribution < 1.29 is 8.42 Å². The molecule has 0 radical (unpaired) electrons. The summed E-state index contributed by atoms with van der Waals surface area (Å²) < 4.78 is 31.1. The first-order chi connectivity index (χ1) is 12.3. The van der Waals surface area contributed by atoms with Gasteiger partial charge in [0.1, 0.15) is 15.6 Å². The maximum Gasteiger partial charge on any atom is 0.262 e. The van der Waals surface area contributed by atoms with Crippen molar-refractivity contribution in [1.29, 1.82) is 0 Å². The largest absolute Gasteiger partial charge is 0.295 e. The number of nitrogens with one attached hydrogen (secondary N) is 1. The van der Waals surface area contributed by atoms with Gasteiger partial charge in [0.05, 0.1) is 16.8 Å². The number of aryl methyl sites for hydroxylation is 3. The predicted molar refractivity (Wildman–Crippen MR) is 101 cm³/mol. The quantitative estimate of drug-likeness (QED) is 0.683. The summed E-state index contributed by atoms with van der Waals surface area (Å²) in [6.45, 7) is 7.97. The second-order valence-corrected chi connectivity index (χ2v) is 8.57. The second-order valence-electron chi connectivity index (χ2n) is 5.97. The van der Waals surface area contributed by atoms with Gasteiger partial charge in [-0.05, 0) is 39.1 Å². The van der Waals surface area contributed by atoms with E-state index in [1.54, 1.807) is 31.5 Å². The lowest BCUT2D eigenvalue weighted by molar-refractivity contribution is 0.564. The van der Waals surface area contributed by atoms with Gasteiger partial charge < -0.3 is 0 Å². The monoisotopic (exact) mass is 395 g/mol. The molecule has 1 N–H and O–H groups in total. The highest BCUT2D eigenvalue weighted by Gasteiger charge is 2.24. The Balaban J connectivity index is 1.82. The molecule has 0 bridgehead atoms. The van der Waals surface area contributed by atoms with E-state index in [9.17, 15) is 13.2 Å². The summed E-state index contributed by atoms with van der Waals surface area (Å²) in [5.41, 5.74) is 0.915. The zero-order chi connectivity index (χ0) is 19.1. The van der Waals surface area contributed by atoms with Crippen LogP contribution >= 0.6 is 11.3 Å². The summed E-state index contributed by atoms with van der Waals surface area (Å²) in [7, 11) is -3.71. The zero-order valence-corrected chi connectivity index (χ0v) is 16.7. The van der Waals surface area contributed by atoms with Crippen molar-refractivity contribution in [1.82, 2.24) is 24.1 Å². The minimum absolute atomic E-state index is 0.0938. The maximum atomic E-state index is 12.7. The van der Waals surface area contributed by atoms with Crippen molar-refractivity contribution >= 4 is 31.6 Å². The molecule has 26 heavy (non-hydrogen) atoms. The van der Waals surface area contributed by atoms with Crippen LogP contribution in [0.2, 0.25) is 0 Å². The number of sulfonamides is 1. The third-order valence-electron chi connectivity index (χ3n) is 4.29. The molecule has 0 aliphatic rings. The Hall–Kier alpha value is -2.04. The van der Waals surface area contributed by atoms with E-state index in [-0.39, 0.29) is 23.5 Å². The van der Waals surface area contributed by atoms with Gasteiger partial charge in [0.25, 0.3) is 5.56 Å². The fraction of sp³-hybridized carbons (Fsp3) is 0.438. The van der Waals surface area contributed by atoms with E-state index in [0.717, 1.165) is 0 Å². The number of fused-ring (bicyclic) bond motifs is 1. The number of rotatable bonds is 6. The van der Waals surface area contributed by atoms with Crippen LogP contribution in [0.4, 0.5) is 0 Å². The minimum Gasteiger partial charge on any atom is -0.295 e. The molecule has 3 rings (SSSR count). The van der Waals surface area contributed by atoms with Gasteiger partial charge in [-0.25, -0.2) is 18.1 Å². The topological polar surface area (TPSA) is 98.9 Å². The lowest BCUT2D eigenvalue weighted by atomic mass is 10.4. The van der Waals surface area contributed by atoms with Crippen molar-refractivity contribution in [2.75, 3.05) is 6.54 Å². The SMILES string of the molecule is CCn1nc(C)c(S(=O)(=O)NCCn2c(C)nc3sccc3c2=O)c1C. The molecule has 0 saturated carbocycles. The standard InChI is InChI=1S/C16H21N5O3S2/c1-5-21-11(3)14(10(2)19-21)26(23,24)17-7-8-20-12(4)18-15-13(16(20)22)6-9-25-15/h6,9,17H,5,7-8H2,1-4H3. The van der Waals surface area contributed by atoms with Gasteiger partial charge in [0.15, 0.2) is 0 Å². The molecule has 0 saturated heterocycles. The maximum absolute atomic E-state index is 12.7. The molecule has 3 heterocycles. The molecule has 0 fully saturated rings. The Morgan fingerprint density at radius 1 is 1.27 bits per heavy atom. The van der Waals surface area contributed by atoms with Crippen LogP contribution in [-0.4, -0.2) is 34.3 Å². The van der Waals surface area contributed by atoms with Crippen LogP contribution in [0.25, 0.3) is 10.2 Å². The lowest BCUT2D eigenvalue weighted by Crippen LogP contribution is -2.32. The second kappa shape index (κ2) is 6.93. The molecule has 140 valence electrons. The zero-order valence-electron chi connectivity index (χ0n) is 15.1. The summed E-state index contributed by atoms with van der Waals surface area (Å²) in [5, 5.41) is 6.63. The first kappa shape index (κ1) is 18.7. The highest BCUT2D eigenvalue weighted by molar-refractivity contribution is 7.89. The molecule has 0 atom stereocenters. The molecule has 10 heteroatoms. The van der Waals surface area contributed by atoms with Crippen LogP contribution in [0, 0.1) is 20.8 Å². The first-order valence-electron chi connectivity index (χ1n) is 8.24. The van der Waals surface area contributed by atoms with E-state index in [1.807, 2.05) is 12.3 Å². The van der Waals surface area contributed by atoms with Crippen molar-refractivity contribution in [3.63, 3.8) is 0 Å². The first-order valence-corrected chi connectivity index (χ1v) is 10.6. The Morgan fingerprint density at radius 2 is 2.00 bits per heavy atom. The number of thiophene rings is 1. The molecular formula is C16H21N5O3S2. The van der Waals surface area contributed by atoms with E-state index in [1.165, 1.54) is 15.9 Å². The third kappa shape index (κ3) is 3.19. The van der Waals surface area contributed by atoms with Crippen molar-refractivity contribution in [3.8, 4) is 0 Å². The average Bonchev–Trinajstić information content (AvgIpc) is 3.14. The summed E-state index contributed by atoms with van der Waals surface area (Å²) in [4.78, 5) is 17.8. The molecular weight excluding hydrogens is 374 g/mol. The summed E-state index contributed by atoms with van der Waals surface area (Å²) >= 11 is 1.41. The number of hydrogen-bond acceptors (Lipinski definition) is 6. The highest BCUT2D eigenvalue weighted by Crippen LogP contribution is 2.19. The number of nitrogens with zero attached hydrogens (tertiary/aromatic N) is 4. The molecule has 3 aromatic heterocycles. The van der Waals surface area contributed by atoms with Gasteiger partial charge in [0.2, 0.25) is 10.0 Å². The van der Waals surface area contributed by atoms with Gasteiger partial charge in [0, 0.05) is 19.6 Å². The van der Waals surface area contributed by atoms with E-state index < -0.39 is 10.0 Å². The molecule has 0 unspecified atom stereocenters. The fourth-order valence-corrected chi connectivity index (χ4v) is 5.28. The summed E-state index contributed by atoms with van der Waals surface area (Å²) in [5.74, 6) is 0.565. The number of hydrogen-bond donors (Lipinski definition) is 1. The van der Waals surface area contributed by atoms with Crippen molar-refractivity contribution in [3.05, 3.63) is 39.0 Å². The van der Waals surface area contributed by atoms with E-state index >= 15 is 0 Å². The van der Waals surface area contributed by atoms with E-state index in [0.29, 0.717) is 34.0 Å². The summed E-state index contributed by atoms with van der Waals surface area (Å²) in [6, 6.07) is 1.74. The lowest BCUT2D eigenvalue weighted by Gasteiger charge is -2.11. The molecule has 0 spiro atoms. The van der Waals surface area contributed by atoms with Gasteiger partial charge in [-0.15, -0.1) is 11.3 Å². The van der Waals surface area contributed by atoms with Crippen LogP contribution in [0.15, 0.2) is 21.1 Å². The minimum atomic E-state index is -3.71. The summed E-state index contributed by atoms with van der Waals surface area (Å²) in [6.07, 6.45) is 0. The third-order valence-corrected chi connectivity index (χ3v) is 6.80. The molecule has 0 amide bonds. The van der Waals surface area contributed by atoms with Crippen LogP contribution in [0.1, 0.15) is 24.1 Å². The van der Waals surface area contributed by atoms with Gasteiger partial charge in [-0.2, -0.15) is 5.10 Å². The van der Waals surface area contributed by atoms with Gasteiger partial charge in [-0.3, -0.25) is 14.0 Å². The van der Waals surface area contributed by atoms with Crippen LogP contribution in [0.5, 0.6) is 0 Å². The van der Waals surface area contributed by atoms with Crippen molar-refractivity contribution in [2.45, 2.75) is 45.7 Å².